The molecule has 1 heterocycles. The Kier molecular flexibility index (Phi) is 4.58. The van der Waals surface area contributed by atoms with E-state index in [1.54, 1.807) is 6.26 Å². The molecule has 0 aliphatic carbocycles. The minimum Gasteiger partial charge on any atom is -0.467 e. The molecular formula is C15H18N2OS. The summed E-state index contributed by atoms with van der Waals surface area (Å²) in [6.45, 7) is 4.86. The monoisotopic (exact) mass is 274 g/mol. The van der Waals surface area contributed by atoms with Crippen molar-refractivity contribution in [2.45, 2.75) is 26.8 Å². The predicted octanol–water partition coefficient (Wildman–Crippen LogP) is 3.64. The summed E-state index contributed by atoms with van der Waals surface area (Å²) in [7, 11) is 0. The lowest BCUT2D eigenvalue weighted by Crippen LogP contribution is -2.27. The number of nitrogens with one attached hydrogen (secondary N) is 2. The molecule has 1 aromatic heterocycles. The van der Waals surface area contributed by atoms with Crippen LogP contribution in [0, 0.1) is 6.92 Å². The van der Waals surface area contributed by atoms with Crippen LogP contribution in [0.2, 0.25) is 0 Å². The molecule has 2 N–H and O–H groups in total. The highest BCUT2D eigenvalue weighted by Gasteiger charge is 2.02. The summed E-state index contributed by atoms with van der Waals surface area (Å²) in [4.78, 5) is 0. The maximum absolute atomic E-state index is 5.26. The van der Waals surface area contributed by atoms with E-state index >= 15 is 0 Å². The highest BCUT2D eigenvalue weighted by Crippen LogP contribution is 2.15. The molecule has 0 saturated heterocycles. The van der Waals surface area contributed by atoms with Crippen molar-refractivity contribution in [1.82, 2.24) is 5.32 Å². The first-order valence-electron chi connectivity index (χ1n) is 6.36. The molecule has 1 aromatic carbocycles. The Balaban J connectivity index is 1.91. The first kappa shape index (κ1) is 13.6. The standard InChI is InChI=1S/C15H18N2OS/c1-3-12-9-13(7-6-11(12)2)17-15(19)16-10-14-5-4-8-18-14/h4-9H,3,10H2,1-2H3,(H2,16,17,19). The van der Waals surface area contributed by atoms with Gasteiger partial charge in [0.1, 0.15) is 5.76 Å². The zero-order valence-corrected chi connectivity index (χ0v) is 12.0. The molecule has 2 aromatic rings. The van der Waals surface area contributed by atoms with Crippen molar-refractivity contribution in [2.75, 3.05) is 5.32 Å². The van der Waals surface area contributed by atoms with Gasteiger partial charge in [0.15, 0.2) is 5.11 Å². The van der Waals surface area contributed by atoms with Crippen molar-refractivity contribution in [3.8, 4) is 0 Å². The predicted molar refractivity (Wildman–Crippen MR) is 82.3 cm³/mol. The molecule has 0 radical (unpaired) electrons. The molecule has 0 amide bonds. The van der Waals surface area contributed by atoms with Gasteiger partial charge >= 0.3 is 0 Å². The van der Waals surface area contributed by atoms with Gasteiger partial charge in [-0.05, 0) is 61.0 Å². The number of thiocarbonyl (C=S) groups is 1. The van der Waals surface area contributed by atoms with Crippen LogP contribution in [0.5, 0.6) is 0 Å². The molecule has 19 heavy (non-hydrogen) atoms. The molecular weight excluding hydrogens is 256 g/mol. The van der Waals surface area contributed by atoms with Gasteiger partial charge in [0.25, 0.3) is 0 Å². The number of rotatable bonds is 4. The SMILES string of the molecule is CCc1cc(NC(=S)NCc2ccco2)ccc1C. The summed E-state index contributed by atoms with van der Waals surface area (Å²) in [5.74, 6) is 0.863. The van der Waals surface area contributed by atoms with Crippen LogP contribution in [0.4, 0.5) is 5.69 Å². The van der Waals surface area contributed by atoms with Gasteiger partial charge in [0.2, 0.25) is 0 Å². The van der Waals surface area contributed by atoms with E-state index in [1.807, 2.05) is 18.2 Å². The van der Waals surface area contributed by atoms with Crippen LogP contribution in [0.25, 0.3) is 0 Å². The summed E-state index contributed by atoms with van der Waals surface area (Å²) in [5.41, 5.74) is 3.65. The minimum absolute atomic E-state index is 0.589. The number of benzene rings is 1. The molecule has 0 unspecified atom stereocenters. The molecule has 0 aliphatic heterocycles. The average Bonchev–Trinajstić information content (AvgIpc) is 2.92. The number of anilines is 1. The Bertz CT molecular complexity index is 549. The van der Waals surface area contributed by atoms with Crippen molar-refractivity contribution in [3.05, 3.63) is 53.5 Å². The maximum Gasteiger partial charge on any atom is 0.171 e. The molecule has 0 atom stereocenters. The molecule has 0 fully saturated rings. The highest BCUT2D eigenvalue weighted by molar-refractivity contribution is 7.80. The van der Waals surface area contributed by atoms with E-state index in [2.05, 4.69) is 36.6 Å². The van der Waals surface area contributed by atoms with E-state index in [0.29, 0.717) is 11.7 Å². The minimum atomic E-state index is 0.589. The largest absolute Gasteiger partial charge is 0.467 e. The number of hydrogen-bond acceptors (Lipinski definition) is 2. The number of aryl methyl sites for hydroxylation is 2. The summed E-state index contributed by atoms with van der Waals surface area (Å²) in [5, 5.41) is 6.90. The second-order valence-electron chi connectivity index (χ2n) is 4.38. The third kappa shape index (κ3) is 3.83. The van der Waals surface area contributed by atoms with Gasteiger partial charge in [-0.3, -0.25) is 0 Å². The van der Waals surface area contributed by atoms with Crippen LogP contribution in [0.15, 0.2) is 41.0 Å². The van der Waals surface area contributed by atoms with Gasteiger partial charge in [0, 0.05) is 5.69 Å². The molecule has 4 heteroatoms. The highest BCUT2D eigenvalue weighted by atomic mass is 32.1. The van der Waals surface area contributed by atoms with Gasteiger partial charge in [-0.1, -0.05) is 13.0 Å². The topological polar surface area (TPSA) is 37.2 Å². The van der Waals surface area contributed by atoms with Gasteiger partial charge in [-0.2, -0.15) is 0 Å². The van der Waals surface area contributed by atoms with E-state index in [4.69, 9.17) is 16.6 Å². The van der Waals surface area contributed by atoms with Crippen LogP contribution in [-0.4, -0.2) is 5.11 Å². The van der Waals surface area contributed by atoms with E-state index in [1.165, 1.54) is 11.1 Å². The molecule has 100 valence electrons. The first-order chi connectivity index (χ1) is 9.19. The second kappa shape index (κ2) is 6.38. The van der Waals surface area contributed by atoms with Crippen LogP contribution in [-0.2, 0) is 13.0 Å². The second-order valence-corrected chi connectivity index (χ2v) is 4.79. The van der Waals surface area contributed by atoms with Crippen LogP contribution >= 0.6 is 12.2 Å². The van der Waals surface area contributed by atoms with Gasteiger partial charge in [-0.25, -0.2) is 0 Å². The Labute approximate surface area is 119 Å². The zero-order chi connectivity index (χ0) is 13.7. The van der Waals surface area contributed by atoms with Crippen molar-refractivity contribution in [3.63, 3.8) is 0 Å². The molecule has 2 rings (SSSR count). The van der Waals surface area contributed by atoms with Crippen molar-refractivity contribution >= 4 is 23.0 Å². The fourth-order valence-electron chi connectivity index (χ4n) is 1.89. The van der Waals surface area contributed by atoms with Crippen molar-refractivity contribution in [2.24, 2.45) is 0 Å². The number of hydrogen-bond donors (Lipinski definition) is 2. The third-order valence-corrected chi connectivity index (χ3v) is 3.24. The Morgan fingerprint density at radius 1 is 1.32 bits per heavy atom. The Morgan fingerprint density at radius 3 is 2.84 bits per heavy atom. The van der Waals surface area contributed by atoms with Gasteiger partial charge < -0.3 is 15.1 Å². The molecule has 0 bridgehead atoms. The summed E-state index contributed by atoms with van der Waals surface area (Å²) >= 11 is 5.26. The fourth-order valence-corrected chi connectivity index (χ4v) is 2.08. The number of furan rings is 1. The van der Waals surface area contributed by atoms with E-state index in [-0.39, 0.29) is 0 Å². The smallest absolute Gasteiger partial charge is 0.171 e. The van der Waals surface area contributed by atoms with E-state index < -0.39 is 0 Å². The molecule has 3 nitrogen and oxygen atoms in total. The van der Waals surface area contributed by atoms with Crippen molar-refractivity contribution < 1.29 is 4.42 Å². The average molecular weight is 274 g/mol. The van der Waals surface area contributed by atoms with Crippen LogP contribution < -0.4 is 10.6 Å². The first-order valence-corrected chi connectivity index (χ1v) is 6.76. The summed E-state index contributed by atoms with van der Waals surface area (Å²) in [6, 6.07) is 10.1. The quantitative estimate of drug-likeness (QED) is 0.835. The Morgan fingerprint density at radius 2 is 2.16 bits per heavy atom. The lowest BCUT2D eigenvalue weighted by molar-refractivity contribution is 0.503. The van der Waals surface area contributed by atoms with Crippen molar-refractivity contribution in [1.29, 1.82) is 0 Å². The van der Waals surface area contributed by atoms with Crippen LogP contribution in [0.1, 0.15) is 23.8 Å². The zero-order valence-electron chi connectivity index (χ0n) is 11.2. The third-order valence-electron chi connectivity index (χ3n) is 2.99. The van der Waals surface area contributed by atoms with Gasteiger partial charge in [0.05, 0.1) is 12.8 Å². The fraction of sp³-hybridized carbons (Fsp3) is 0.267. The van der Waals surface area contributed by atoms with E-state index in [0.717, 1.165) is 17.9 Å². The molecule has 0 spiro atoms. The molecule has 0 aliphatic rings. The summed E-state index contributed by atoms with van der Waals surface area (Å²) < 4.78 is 5.24. The lowest BCUT2D eigenvalue weighted by atomic mass is 10.1. The van der Waals surface area contributed by atoms with Gasteiger partial charge in [-0.15, -0.1) is 0 Å². The van der Waals surface area contributed by atoms with E-state index in [9.17, 15) is 0 Å². The maximum atomic E-state index is 5.26. The normalized spacial score (nSPS) is 10.2. The lowest BCUT2D eigenvalue weighted by Gasteiger charge is -2.11. The summed E-state index contributed by atoms with van der Waals surface area (Å²) in [6.07, 6.45) is 2.68. The van der Waals surface area contributed by atoms with Crippen LogP contribution in [0.3, 0.4) is 0 Å². The molecule has 0 saturated carbocycles. The Hall–Kier alpha value is -1.81.